The minimum Gasteiger partial charge on any atom is -0.355 e. The Morgan fingerprint density at radius 3 is 2.52 bits per heavy atom. The van der Waals surface area contributed by atoms with Gasteiger partial charge in [-0.15, -0.1) is 0 Å². The fraction of sp³-hybridized carbons (Fsp3) is 0.412. The molecule has 4 nitrogen and oxygen atoms in total. The molecule has 2 aliphatic carbocycles. The minimum atomic E-state index is -0.565. The fourth-order valence-corrected chi connectivity index (χ4v) is 2.45. The molecule has 0 spiro atoms. The summed E-state index contributed by atoms with van der Waals surface area (Å²) in [4.78, 5) is 24.7. The summed E-state index contributed by atoms with van der Waals surface area (Å²) < 4.78 is 0. The summed E-state index contributed by atoms with van der Waals surface area (Å²) in [6.45, 7) is 8.23. The molecule has 112 valence electrons. The molecule has 0 heterocycles. The highest BCUT2D eigenvalue weighted by molar-refractivity contribution is 6.02. The van der Waals surface area contributed by atoms with Crippen molar-refractivity contribution in [3.63, 3.8) is 0 Å². The van der Waals surface area contributed by atoms with Crippen molar-refractivity contribution in [1.82, 2.24) is 10.6 Å². The Hall–Kier alpha value is -2.10. The Labute approximate surface area is 125 Å². The summed E-state index contributed by atoms with van der Waals surface area (Å²) >= 11 is 0. The second-order valence-electron chi connectivity index (χ2n) is 6.31. The lowest BCUT2D eigenvalue weighted by Gasteiger charge is -2.30. The third-order valence-electron chi connectivity index (χ3n) is 3.57. The van der Waals surface area contributed by atoms with Gasteiger partial charge in [-0.25, -0.2) is 0 Å². The third-order valence-corrected chi connectivity index (χ3v) is 3.57. The Morgan fingerprint density at radius 1 is 1.19 bits per heavy atom. The summed E-state index contributed by atoms with van der Waals surface area (Å²) in [5.74, 6) is -0.356. The lowest BCUT2D eigenvalue weighted by molar-refractivity contribution is -0.130. The first-order chi connectivity index (χ1) is 9.84. The molecular formula is C17H22N2O2. The number of carbonyl (C=O) groups is 2. The summed E-state index contributed by atoms with van der Waals surface area (Å²) in [7, 11) is 0. The molecule has 0 aromatic carbocycles. The number of amides is 2. The van der Waals surface area contributed by atoms with Gasteiger partial charge in [-0.2, -0.15) is 0 Å². The molecule has 0 bridgehead atoms. The van der Waals surface area contributed by atoms with E-state index >= 15 is 0 Å². The molecule has 0 aliphatic heterocycles. The van der Waals surface area contributed by atoms with E-state index in [4.69, 9.17) is 0 Å². The second kappa shape index (κ2) is 5.72. The highest BCUT2D eigenvalue weighted by Crippen LogP contribution is 2.30. The van der Waals surface area contributed by atoms with Crippen LogP contribution in [0.1, 0.15) is 27.7 Å². The zero-order valence-electron chi connectivity index (χ0n) is 13.0. The third kappa shape index (κ3) is 3.15. The molecule has 0 aromatic heterocycles. The lowest BCUT2D eigenvalue weighted by atomic mass is 9.86. The average molecular weight is 286 g/mol. The van der Waals surface area contributed by atoms with Crippen molar-refractivity contribution in [2.45, 2.75) is 33.7 Å². The monoisotopic (exact) mass is 286 g/mol. The van der Waals surface area contributed by atoms with Gasteiger partial charge in [0.05, 0.1) is 0 Å². The van der Waals surface area contributed by atoms with E-state index in [0.29, 0.717) is 12.1 Å². The largest absolute Gasteiger partial charge is 0.355 e. The van der Waals surface area contributed by atoms with Crippen molar-refractivity contribution >= 4 is 11.8 Å². The van der Waals surface area contributed by atoms with Gasteiger partial charge in [-0.3, -0.25) is 9.59 Å². The molecule has 0 saturated heterocycles. The van der Waals surface area contributed by atoms with Gasteiger partial charge in [0.2, 0.25) is 5.91 Å². The van der Waals surface area contributed by atoms with Gasteiger partial charge in [0.25, 0.3) is 5.91 Å². The van der Waals surface area contributed by atoms with Crippen molar-refractivity contribution in [3.05, 3.63) is 47.1 Å². The van der Waals surface area contributed by atoms with E-state index in [2.05, 4.69) is 10.6 Å². The van der Waals surface area contributed by atoms with Crippen LogP contribution in [0.2, 0.25) is 0 Å². The average Bonchev–Trinajstić information content (AvgIpc) is 2.96. The van der Waals surface area contributed by atoms with Crippen LogP contribution in [0.4, 0.5) is 0 Å². The van der Waals surface area contributed by atoms with E-state index in [1.807, 2.05) is 52.0 Å². The Bertz CT molecular complexity index is 586. The molecule has 1 atom stereocenters. The van der Waals surface area contributed by atoms with Crippen LogP contribution in [0, 0.1) is 5.41 Å². The Balaban J connectivity index is 2.18. The van der Waals surface area contributed by atoms with E-state index < -0.39 is 6.04 Å². The summed E-state index contributed by atoms with van der Waals surface area (Å²) in [5.41, 5.74) is 2.24. The van der Waals surface area contributed by atoms with E-state index in [1.54, 1.807) is 6.08 Å². The Kier molecular flexibility index (Phi) is 4.16. The smallest absolute Gasteiger partial charge is 0.252 e. The molecule has 0 aromatic rings. The standard InChI is InChI=1S/C17H22N2O2/c1-5-18-16(21)14(17(2,3)4)19-15(20)13-10-9-11-7-6-8-12(11)13/h6-10,14H,5H2,1-4H3,(H,18,21)(H,19,20)/t14-/m1/s1. The van der Waals surface area contributed by atoms with Crippen LogP contribution in [0.25, 0.3) is 0 Å². The molecule has 2 N–H and O–H groups in total. The highest BCUT2D eigenvalue weighted by atomic mass is 16.2. The molecule has 21 heavy (non-hydrogen) atoms. The quantitative estimate of drug-likeness (QED) is 0.830. The van der Waals surface area contributed by atoms with Crippen LogP contribution in [-0.4, -0.2) is 24.4 Å². The van der Waals surface area contributed by atoms with Crippen molar-refractivity contribution in [1.29, 1.82) is 0 Å². The molecule has 0 fully saturated rings. The summed E-state index contributed by atoms with van der Waals surface area (Å²) in [5, 5.41) is 5.66. The van der Waals surface area contributed by atoms with Crippen LogP contribution in [0.15, 0.2) is 47.1 Å². The molecule has 0 radical (unpaired) electrons. The second-order valence-corrected chi connectivity index (χ2v) is 6.31. The van der Waals surface area contributed by atoms with E-state index in [0.717, 1.165) is 11.1 Å². The maximum absolute atomic E-state index is 12.5. The zero-order chi connectivity index (χ0) is 15.6. The predicted octanol–water partition coefficient (Wildman–Crippen LogP) is 2.02. The first-order valence-electron chi connectivity index (χ1n) is 7.24. The lowest BCUT2D eigenvalue weighted by Crippen LogP contribution is -2.53. The van der Waals surface area contributed by atoms with Crippen molar-refractivity contribution in [2.75, 3.05) is 6.54 Å². The van der Waals surface area contributed by atoms with Crippen LogP contribution in [0.5, 0.6) is 0 Å². The van der Waals surface area contributed by atoms with Crippen molar-refractivity contribution < 1.29 is 9.59 Å². The molecule has 0 unspecified atom stereocenters. The first kappa shape index (κ1) is 15.3. The van der Waals surface area contributed by atoms with Crippen molar-refractivity contribution in [2.24, 2.45) is 5.41 Å². The van der Waals surface area contributed by atoms with Gasteiger partial charge in [0.15, 0.2) is 0 Å². The van der Waals surface area contributed by atoms with Gasteiger partial charge in [0, 0.05) is 12.1 Å². The first-order valence-corrected chi connectivity index (χ1v) is 7.24. The van der Waals surface area contributed by atoms with E-state index in [-0.39, 0.29) is 17.2 Å². The number of hydrogen-bond acceptors (Lipinski definition) is 2. The molecule has 4 heteroatoms. The maximum atomic E-state index is 12.5. The molecule has 2 rings (SSSR count). The maximum Gasteiger partial charge on any atom is 0.252 e. The van der Waals surface area contributed by atoms with E-state index in [9.17, 15) is 9.59 Å². The summed E-state index contributed by atoms with van der Waals surface area (Å²) in [6, 6.07) is -0.565. The fourth-order valence-electron chi connectivity index (χ4n) is 2.45. The minimum absolute atomic E-state index is 0.149. The molecule has 0 saturated carbocycles. The van der Waals surface area contributed by atoms with Crippen LogP contribution in [0.3, 0.4) is 0 Å². The molecule has 2 amide bonds. The van der Waals surface area contributed by atoms with Crippen LogP contribution >= 0.6 is 0 Å². The normalized spacial score (nSPS) is 17.6. The molecule has 2 aliphatic rings. The van der Waals surface area contributed by atoms with Crippen LogP contribution in [-0.2, 0) is 9.59 Å². The topological polar surface area (TPSA) is 58.2 Å². The van der Waals surface area contributed by atoms with Gasteiger partial charge in [0.1, 0.15) is 6.04 Å². The number of fused-ring (bicyclic) bond motifs is 1. The summed E-state index contributed by atoms with van der Waals surface area (Å²) in [6.07, 6.45) is 9.53. The number of allylic oxidation sites excluding steroid dienone is 6. The predicted molar refractivity (Wildman–Crippen MR) is 83.5 cm³/mol. The number of rotatable bonds is 4. The number of likely N-dealkylation sites (N-methyl/N-ethyl adjacent to an activating group) is 1. The zero-order valence-corrected chi connectivity index (χ0v) is 13.0. The number of hydrogen-bond donors (Lipinski definition) is 2. The van der Waals surface area contributed by atoms with Crippen LogP contribution < -0.4 is 10.6 Å². The highest BCUT2D eigenvalue weighted by Gasteiger charge is 2.33. The number of carbonyl (C=O) groups excluding carboxylic acids is 2. The van der Waals surface area contributed by atoms with E-state index in [1.165, 1.54) is 0 Å². The van der Waals surface area contributed by atoms with Crippen molar-refractivity contribution in [3.8, 4) is 0 Å². The van der Waals surface area contributed by atoms with Gasteiger partial charge >= 0.3 is 0 Å². The van der Waals surface area contributed by atoms with Gasteiger partial charge in [-0.1, -0.05) is 45.1 Å². The Morgan fingerprint density at radius 2 is 1.90 bits per heavy atom. The SMILES string of the molecule is CCNC(=O)[C@@H](NC(=O)C1=C2C=CC=C2C=C1)C(C)(C)C. The van der Waals surface area contributed by atoms with Gasteiger partial charge < -0.3 is 10.6 Å². The van der Waals surface area contributed by atoms with Gasteiger partial charge in [-0.05, 0) is 29.6 Å². The number of nitrogens with one attached hydrogen (secondary N) is 2. The molecular weight excluding hydrogens is 264 g/mol.